The van der Waals surface area contributed by atoms with E-state index in [2.05, 4.69) is 10.6 Å². The van der Waals surface area contributed by atoms with Crippen LogP contribution in [-0.4, -0.2) is 31.2 Å². The van der Waals surface area contributed by atoms with Gasteiger partial charge >= 0.3 is 17.8 Å². The second-order valence-electron chi connectivity index (χ2n) is 6.39. The predicted molar refractivity (Wildman–Crippen MR) is 105 cm³/mol. The van der Waals surface area contributed by atoms with Crippen LogP contribution < -0.4 is 20.1 Å². The molecule has 1 heterocycles. The zero-order chi connectivity index (χ0) is 20.6. The largest absolute Gasteiger partial charge is 0.462 e. The summed E-state index contributed by atoms with van der Waals surface area (Å²) in [5, 5.41) is 5.04. The Morgan fingerprint density at radius 3 is 2.52 bits per heavy atom. The Kier molecular flexibility index (Phi) is 6.67. The van der Waals surface area contributed by atoms with E-state index in [1.54, 1.807) is 30.3 Å². The van der Waals surface area contributed by atoms with Crippen LogP contribution in [0.1, 0.15) is 35.7 Å². The van der Waals surface area contributed by atoms with Gasteiger partial charge in [0.25, 0.3) is 0 Å². The number of esters is 1. The zero-order valence-corrected chi connectivity index (χ0v) is 16.0. The maximum absolute atomic E-state index is 12.1. The van der Waals surface area contributed by atoms with Crippen molar-refractivity contribution in [1.29, 1.82) is 0 Å². The molecule has 0 aliphatic carbocycles. The van der Waals surface area contributed by atoms with Crippen molar-refractivity contribution in [2.24, 2.45) is 0 Å². The number of ether oxygens (including phenoxy) is 3. The minimum atomic E-state index is -0.802. The molecule has 2 aromatic rings. The molecule has 152 valence electrons. The van der Waals surface area contributed by atoms with Crippen LogP contribution in [0.3, 0.4) is 0 Å². The molecule has 29 heavy (non-hydrogen) atoms. The highest BCUT2D eigenvalue weighted by Gasteiger charge is 2.16. The Hall–Kier alpha value is -3.55. The lowest BCUT2D eigenvalue weighted by Gasteiger charge is -2.08. The Labute approximate surface area is 168 Å². The molecule has 1 aliphatic heterocycles. The van der Waals surface area contributed by atoms with Crippen LogP contribution in [0.25, 0.3) is 0 Å². The molecule has 3 rings (SSSR count). The highest BCUT2D eigenvalue weighted by Crippen LogP contribution is 2.32. The summed E-state index contributed by atoms with van der Waals surface area (Å²) >= 11 is 0. The molecule has 8 nitrogen and oxygen atoms in total. The fraction of sp³-hybridized carbons (Fsp3) is 0.286. The fourth-order valence-corrected chi connectivity index (χ4v) is 2.58. The Balaban J connectivity index is 1.47. The first kappa shape index (κ1) is 20.2. The van der Waals surface area contributed by atoms with Gasteiger partial charge in [-0.3, -0.25) is 9.59 Å². The number of unbranched alkanes of at least 4 members (excludes halogenated alkanes) is 1. The number of anilines is 1. The van der Waals surface area contributed by atoms with E-state index >= 15 is 0 Å². The van der Waals surface area contributed by atoms with E-state index in [1.165, 1.54) is 12.1 Å². The third-order valence-electron chi connectivity index (χ3n) is 4.21. The van der Waals surface area contributed by atoms with Crippen LogP contribution in [0.4, 0.5) is 5.69 Å². The summed E-state index contributed by atoms with van der Waals surface area (Å²) in [6, 6.07) is 11.4. The van der Waals surface area contributed by atoms with Gasteiger partial charge in [-0.15, -0.1) is 0 Å². The highest BCUT2D eigenvalue weighted by molar-refractivity contribution is 6.39. The number of fused-ring (bicyclic) bond motifs is 1. The standard InChI is InChI=1S/C21H22N2O6/c1-2-3-10-27-21(26)15-5-7-16(8-6-15)23-20(25)19(24)22-12-14-4-9-17-18(11-14)29-13-28-17/h4-9,11H,2-3,10,12-13H2,1H3,(H,22,24)(H,23,25). The van der Waals surface area contributed by atoms with E-state index in [4.69, 9.17) is 14.2 Å². The summed E-state index contributed by atoms with van der Waals surface area (Å²) < 4.78 is 15.6. The monoisotopic (exact) mass is 398 g/mol. The Morgan fingerprint density at radius 2 is 1.76 bits per heavy atom. The molecule has 0 saturated carbocycles. The lowest BCUT2D eigenvalue weighted by Crippen LogP contribution is -2.34. The van der Waals surface area contributed by atoms with Crippen LogP contribution >= 0.6 is 0 Å². The van der Waals surface area contributed by atoms with Crippen LogP contribution in [0.2, 0.25) is 0 Å². The van der Waals surface area contributed by atoms with E-state index < -0.39 is 17.8 Å². The van der Waals surface area contributed by atoms with Crippen molar-refractivity contribution in [2.45, 2.75) is 26.3 Å². The first-order valence-corrected chi connectivity index (χ1v) is 9.31. The molecule has 0 atom stereocenters. The second-order valence-corrected chi connectivity index (χ2v) is 6.39. The molecule has 1 aliphatic rings. The fourth-order valence-electron chi connectivity index (χ4n) is 2.58. The molecular formula is C21H22N2O6. The average Bonchev–Trinajstić information content (AvgIpc) is 3.20. The van der Waals surface area contributed by atoms with Crippen LogP contribution in [-0.2, 0) is 20.9 Å². The van der Waals surface area contributed by atoms with E-state index in [0.29, 0.717) is 29.4 Å². The van der Waals surface area contributed by atoms with Crippen molar-refractivity contribution in [3.63, 3.8) is 0 Å². The molecule has 0 aromatic heterocycles. The summed E-state index contributed by atoms with van der Waals surface area (Å²) in [6.07, 6.45) is 1.75. The molecule has 8 heteroatoms. The topological polar surface area (TPSA) is 103 Å². The van der Waals surface area contributed by atoms with E-state index in [1.807, 2.05) is 6.92 Å². The van der Waals surface area contributed by atoms with Gasteiger partial charge in [0.2, 0.25) is 6.79 Å². The van der Waals surface area contributed by atoms with Gasteiger partial charge in [0.15, 0.2) is 11.5 Å². The smallest absolute Gasteiger partial charge is 0.338 e. The van der Waals surface area contributed by atoms with Gasteiger partial charge in [0.05, 0.1) is 12.2 Å². The van der Waals surface area contributed by atoms with Crippen LogP contribution in [0, 0.1) is 0 Å². The lowest BCUT2D eigenvalue weighted by atomic mass is 10.2. The summed E-state index contributed by atoms with van der Waals surface area (Å²) in [6.45, 7) is 2.72. The van der Waals surface area contributed by atoms with E-state index in [0.717, 1.165) is 18.4 Å². The lowest BCUT2D eigenvalue weighted by molar-refractivity contribution is -0.136. The molecule has 2 aromatic carbocycles. The SMILES string of the molecule is CCCCOC(=O)c1ccc(NC(=O)C(=O)NCc2ccc3c(c2)OCO3)cc1. The van der Waals surface area contributed by atoms with Gasteiger partial charge in [-0.1, -0.05) is 19.4 Å². The molecule has 0 spiro atoms. The third kappa shape index (κ3) is 5.47. The number of hydrogen-bond acceptors (Lipinski definition) is 6. The summed E-state index contributed by atoms with van der Waals surface area (Å²) in [7, 11) is 0. The van der Waals surface area contributed by atoms with E-state index in [9.17, 15) is 14.4 Å². The molecule has 2 amide bonds. The second kappa shape index (κ2) is 9.59. The predicted octanol–water partition coefficient (Wildman–Crippen LogP) is 2.63. The van der Waals surface area contributed by atoms with Gasteiger partial charge in [0.1, 0.15) is 0 Å². The van der Waals surface area contributed by atoms with Gasteiger partial charge in [-0.05, 0) is 48.4 Å². The van der Waals surface area contributed by atoms with Crippen molar-refractivity contribution in [3.05, 3.63) is 53.6 Å². The van der Waals surface area contributed by atoms with Crippen molar-refractivity contribution < 1.29 is 28.6 Å². The number of rotatable bonds is 7. The van der Waals surface area contributed by atoms with Gasteiger partial charge in [-0.2, -0.15) is 0 Å². The molecule has 0 radical (unpaired) electrons. The highest BCUT2D eigenvalue weighted by atomic mass is 16.7. The van der Waals surface area contributed by atoms with Crippen LogP contribution in [0.5, 0.6) is 11.5 Å². The third-order valence-corrected chi connectivity index (χ3v) is 4.21. The van der Waals surface area contributed by atoms with Crippen molar-refractivity contribution in [1.82, 2.24) is 5.32 Å². The number of hydrogen-bond donors (Lipinski definition) is 2. The molecule has 2 N–H and O–H groups in total. The van der Waals surface area contributed by atoms with Gasteiger partial charge in [0, 0.05) is 12.2 Å². The van der Waals surface area contributed by atoms with Crippen molar-refractivity contribution >= 4 is 23.5 Å². The normalized spacial score (nSPS) is 11.6. The van der Waals surface area contributed by atoms with Gasteiger partial charge in [-0.25, -0.2) is 4.79 Å². The quantitative estimate of drug-likeness (QED) is 0.422. The summed E-state index contributed by atoms with van der Waals surface area (Å²) in [5.74, 6) is -0.738. The minimum Gasteiger partial charge on any atom is -0.462 e. The summed E-state index contributed by atoms with van der Waals surface area (Å²) in [4.78, 5) is 35.9. The number of benzene rings is 2. The number of amides is 2. The Morgan fingerprint density at radius 1 is 1.00 bits per heavy atom. The van der Waals surface area contributed by atoms with Gasteiger partial charge < -0.3 is 24.8 Å². The van der Waals surface area contributed by atoms with E-state index in [-0.39, 0.29) is 13.3 Å². The first-order valence-electron chi connectivity index (χ1n) is 9.31. The van der Waals surface area contributed by atoms with Crippen LogP contribution in [0.15, 0.2) is 42.5 Å². The number of carbonyl (C=O) groups is 3. The molecule has 0 unspecified atom stereocenters. The maximum atomic E-state index is 12.1. The molecule has 0 saturated heterocycles. The summed E-state index contributed by atoms with van der Waals surface area (Å²) in [5.41, 5.74) is 1.56. The maximum Gasteiger partial charge on any atom is 0.338 e. The van der Waals surface area contributed by atoms with Crippen molar-refractivity contribution in [2.75, 3.05) is 18.7 Å². The zero-order valence-electron chi connectivity index (χ0n) is 16.0. The Bertz CT molecular complexity index is 895. The number of nitrogens with one attached hydrogen (secondary N) is 2. The first-order chi connectivity index (χ1) is 14.1. The molecule has 0 fully saturated rings. The minimum absolute atomic E-state index is 0.169. The molecular weight excluding hydrogens is 376 g/mol. The average molecular weight is 398 g/mol. The molecule has 0 bridgehead atoms. The number of carbonyl (C=O) groups excluding carboxylic acids is 3. The van der Waals surface area contributed by atoms with Crippen molar-refractivity contribution in [3.8, 4) is 11.5 Å².